The van der Waals surface area contributed by atoms with E-state index in [0.717, 1.165) is 20.8 Å². The van der Waals surface area contributed by atoms with Crippen molar-refractivity contribution in [3.63, 3.8) is 0 Å². The van der Waals surface area contributed by atoms with Crippen LogP contribution >= 0.6 is 0 Å². The Hall–Kier alpha value is -2.46. The van der Waals surface area contributed by atoms with Crippen LogP contribution in [0.15, 0.2) is 12.7 Å². The first-order valence-corrected chi connectivity index (χ1v) is 8.05. The summed E-state index contributed by atoms with van der Waals surface area (Å²) >= 11 is 0. The van der Waals surface area contributed by atoms with Gasteiger partial charge in [-0.05, 0) is 0 Å². The zero-order valence-corrected chi connectivity index (χ0v) is 15.9. The van der Waals surface area contributed by atoms with Gasteiger partial charge in [-0.3, -0.25) is 19.2 Å². The highest BCUT2D eigenvalue weighted by molar-refractivity contribution is 5.68. The van der Waals surface area contributed by atoms with E-state index in [1.165, 1.54) is 20.1 Å². The Kier molecular flexibility index (Phi) is 7.92. The van der Waals surface area contributed by atoms with Crippen LogP contribution < -0.4 is 0 Å². The van der Waals surface area contributed by atoms with Crippen LogP contribution in [0.4, 0.5) is 0 Å². The van der Waals surface area contributed by atoms with Crippen molar-refractivity contribution >= 4 is 23.9 Å². The molecule has 1 saturated heterocycles. The highest BCUT2D eigenvalue weighted by Gasteiger charge is 2.59. The fraction of sp³-hybridized carbons (Fsp3) is 0.647. The maximum atomic E-state index is 11.6. The van der Waals surface area contributed by atoms with E-state index in [2.05, 4.69) is 6.58 Å². The Morgan fingerprint density at radius 2 is 1.48 bits per heavy atom. The smallest absolute Gasteiger partial charge is 0.305 e. The molecule has 1 rings (SSSR count). The molecule has 5 atom stereocenters. The van der Waals surface area contributed by atoms with Gasteiger partial charge in [-0.1, -0.05) is 12.7 Å². The Bertz CT molecular complexity index is 601. The van der Waals surface area contributed by atoms with Gasteiger partial charge in [0.2, 0.25) is 6.29 Å². The van der Waals surface area contributed by atoms with Gasteiger partial charge >= 0.3 is 23.9 Å². The molecule has 1 aliphatic heterocycles. The number of hydrogen-bond acceptors (Lipinski definition) is 10. The van der Waals surface area contributed by atoms with Crippen LogP contribution in [-0.4, -0.2) is 67.8 Å². The summed E-state index contributed by atoms with van der Waals surface area (Å²) in [5, 5.41) is 0. The number of methoxy groups -OCH3 is 1. The summed E-state index contributed by atoms with van der Waals surface area (Å²) in [6, 6.07) is 0. The van der Waals surface area contributed by atoms with Crippen LogP contribution in [0.3, 0.4) is 0 Å². The molecule has 0 radical (unpaired) electrons. The van der Waals surface area contributed by atoms with Gasteiger partial charge in [0.05, 0.1) is 0 Å². The molecule has 0 aromatic rings. The number of ether oxygens (including phenoxy) is 6. The third-order valence-electron chi connectivity index (χ3n) is 3.70. The molecule has 10 nitrogen and oxygen atoms in total. The Labute approximate surface area is 156 Å². The lowest BCUT2D eigenvalue weighted by Crippen LogP contribution is -2.68. The van der Waals surface area contributed by atoms with Gasteiger partial charge in [0.15, 0.2) is 17.8 Å². The minimum absolute atomic E-state index is 0.409. The van der Waals surface area contributed by atoms with Gasteiger partial charge in [0.1, 0.15) is 12.7 Å². The maximum absolute atomic E-state index is 11.6. The first kappa shape index (κ1) is 22.6. The van der Waals surface area contributed by atoms with Gasteiger partial charge in [0, 0.05) is 34.8 Å². The standard InChI is InChI=1S/C17H24O10/c1-7-17(8-23-9(2)18)15(25-11(4)20)13(22-6)14(24-10(3)19)16(27-17)26-12(5)21/h7,13-16H,1,8H2,2-6H3/t13-,14-,15+,16+,17-/m1/s1. The van der Waals surface area contributed by atoms with Gasteiger partial charge in [-0.25, -0.2) is 0 Å². The Morgan fingerprint density at radius 3 is 1.89 bits per heavy atom. The number of hydrogen-bond donors (Lipinski definition) is 0. The largest absolute Gasteiger partial charge is 0.462 e. The van der Waals surface area contributed by atoms with Gasteiger partial charge in [-0.15, -0.1) is 0 Å². The summed E-state index contributed by atoms with van der Waals surface area (Å²) in [4.78, 5) is 45.9. The molecule has 0 aromatic heterocycles. The molecule has 0 bridgehead atoms. The molecule has 1 heterocycles. The average Bonchev–Trinajstić information content (AvgIpc) is 2.54. The molecule has 27 heavy (non-hydrogen) atoms. The minimum atomic E-state index is -1.62. The topological polar surface area (TPSA) is 124 Å². The van der Waals surface area contributed by atoms with Crippen LogP contribution in [0, 0.1) is 0 Å². The molecule has 10 heteroatoms. The second-order valence-corrected chi connectivity index (χ2v) is 5.84. The van der Waals surface area contributed by atoms with Crippen molar-refractivity contribution < 1.29 is 47.6 Å². The van der Waals surface area contributed by atoms with E-state index in [9.17, 15) is 19.2 Å². The Balaban J connectivity index is 3.42. The summed E-state index contributed by atoms with van der Waals surface area (Å²) in [7, 11) is 1.29. The van der Waals surface area contributed by atoms with E-state index in [-0.39, 0.29) is 0 Å². The molecule has 0 aromatic carbocycles. The molecule has 0 amide bonds. The van der Waals surface area contributed by atoms with E-state index >= 15 is 0 Å². The molecule has 0 spiro atoms. The van der Waals surface area contributed by atoms with E-state index < -0.39 is 60.7 Å². The number of rotatable bonds is 7. The van der Waals surface area contributed by atoms with Crippen LogP contribution in [0.25, 0.3) is 0 Å². The van der Waals surface area contributed by atoms with Gasteiger partial charge in [-0.2, -0.15) is 0 Å². The van der Waals surface area contributed by atoms with Crippen molar-refractivity contribution in [1.82, 2.24) is 0 Å². The third-order valence-corrected chi connectivity index (χ3v) is 3.70. The van der Waals surface area contributed by atoms with Gasteiger partial charge in [0.25, 0.3) is 0 Å². The number of esters is 4. The lowest BCUT2D eigenvalue weighted by atomic mass is 9.86. The highest BCUT2D eigenvalue weighted by Crippen LogP contribution is 2.37. The van der Waals surface area contributed by atoms with Crippen LogP contribution in [-0.2, 0) is 47.6 Å². The minimum Gasteiger partial charge on any atom is -0.462 e. The van der Waals surface area contributed by atoms with Crippen molar-refractivity contribution in [2.75, 3.05) is 13.7 Å². The molecule has 0 aliphatic carbocycles. The fourth-order valence-electron chi connectivity index (χ4n) is 2.68. The van der Waals surface area contributed by atoms with E-state index in [1.54, 1.807) is 0 Å². The second kappa shape index (κ2) is 9.47. The average molecular weight is 388 g/mol. The highest BCUT2D eigenvalue weighted by atomic mass is 16.7. The van der Waals surface area contributed by atoms with Crippen LogP contribution in [0.5, 0.6) is 0 Å². The zero-order valence-electron chi connectivity index (χ0n) is 15.9. The monoisotopic (exact) mass is 388 g/mol. The summed E-state index contributed by atoms with van der Waals surface area (Å²) in [6.45, 7) is 7.86. The summed E-state index contributed by atoms with van der Waals surface area (Å²) < 4.78 is 31.8. The summed E-state index contributed by atoms with van der Waals surface area (Å²) in [5.74, 6) is -2.73. The maximum Gasteiger partial charge on any atom is 0.305 e. The molecule has 1 aliphatic rings. The lowest BCUT2D eigenvalue weighted by molar-refractivity contribution is -0.322. The van der Waals surface area contributed by atoms with Crippen LogP contribution in [0.1, 0.15) is 27.7 Å². The van der Waals surface area contributed by atoms with Crippen LogP contribution in [0.2, 0.25) is 0 Å². The third kappa shape index (κ3) is 5.76. The first-order valence-electron chi connectivity index (χ1n) is 8.05. The van der Waals surface area contributed by atoms with Crippen molar-refractivity contribution in [3.8, 4) is 0 Å². The normalized spacial score (nSPS) is 30.0. The van der Waals surface area contributed by atoms with Gasteiger partial charge < -0.3 is 28.4 Å². The first-order chi connectivity index (χ1) is 12.6. The lowest BCUT2D eigenvalue weighted by Gasteiger charge is -2.49. The van der Waals surface area contributed by atoms with E-state index in [0.29, 0.717) is 0 Å². The molecular formula is C17H24O10. The molecule has 1 fully saturated rings. The predicted molar refractivity (Wildman–Crippen MR) is 88.1 cm³/mol. The molecular weight excluding hydrogens is 364 g/mol. The molecule has 0 unspecified atom stereocenters. The Morgan fingerprint density at radius 1 is 0.926 bits per heavy atom. The summed E-state index contributed by atoms with van der Waals surface area (Å²) in [5.41, 5.74) is -1.62. The number of carbonyl (C=O) groups is 4. The molecule has 0 N–H and O–H groups in total. The van der Waals surface area contributed by atoms with Crippen molar-refractivity contribution in [1.29, 1.82) is 0 Å². The fourth-order valence-corrected chi connectivity index (χ4v) is 2.68. The van der Waals surface area contributed by atoms with Crippen molar-refractivity contribution in [2.24, 2.45) is 0 Å². The van der Waals surface area contributed by atoms with Crippen molar-refractivity contribution in [2.45, 2.75) is 57.9 Å². The quantitative estimate of drug-likeness (QED) is 0.341. The predicted octanol–water partition coefficient (Wildman–Crippen LogP) is 0.272. The van der Waals surface area contributed by atoms with Crippen molar-refractivity contribution in [3.05, 3.63) is 12.7 Å². The second-order valence-electron chi connectivity index (χ2n) is 5.84. The van der Waals surface area contributed by atoms with E-state index in [4.69, 9.17) is 28.4 Å². The number of carbonyl (C=O) groups excluding carboxylic acids is 4. The molecule has 0 saturated carbocycles. The zero-order chi connectivity index (χ0) is 20.8. The molecule has 152 valence electrons. The SMILES string of the molecule is C=C[C@]1(COC(C)=O)O[C@H](OC(C)=O)[C@H](OC(C)=O)[C@@H](OC)[C@@H]1OC(C)=O. The van der Waals surface area contributed by atoms with E-state index in [1.807, 2.05) is 0 Å². The summed E-state index contributed by atoms with van der Waals surface area (Å²) in [6.07, 6.45) is -3.74.